The molecule has 0 atom stereocenters. The smallest absolute Gasteiger partial charge is 0.256 e. The number of hydrogen-bond donors (Lipinski definition) is 0. The summed E-state index contributed by atoms with van der Waals surface area (Å²) in [5.74, 6) is -1.65. The summed E-state index contributed by atoms with van der Waals surface area (Å²) in [6.45, 7) is 15.2. The third-order valence-electron chi connectivity index (χ3n) is 3.66. The van der Waals surface area contributed by atoms with Gasteiger partial charge in [-0.3, -0.25) is 0 Å². The molecule has 0 amide bonds. The Morgan fingerprint density at radius 1 is 1.23 bits per heavy atom. The van der Waals surface area contributed by atoms with E-state index in [1.54, 1.807) is 17.7 Å². The summed E-state index contributed by atoms with van der Waals surface area (Å²) in [6.07, 6.45) is 1.78. The van der Waals surface area contributed by atoms with Crippen LogP contribution in [0.4, 0.5) is 14.5 Å². The molecule has 1 aromatic heterocycles. The minimum atomic E-state index is -1.59. The van der Waals surface area contributed by atoms with Gasteiger partial charge in [-0.15, -0.1) is 0 Å². The Hall–Kier alpha value is -2.19. The summed E-state index contributed by atoms with van der Waals surface area (Å²) in [7, 11) is 2.29. The molecule has 2 nitrogen and oxygen atoms in total. The standard InChI is InChI=1S/C17H18F2N2Si/c1-11-9-13(18)17(20-2)16(19)15(11)14-10-12(22(4,5)6)7-8-21(14)3/h7-10H,3H2,1,4-6H3. The van der Waals surface area contributed by atoms with E-state index in [1.807, 2.05) is 12.1 Å². The van der Waals surface area contributed by atoms with Gasteiger partial charge in [0, 0.05) is 12.6 Å². The zero-order valence-electron chi connectivity index (χ0n) is 13.2. The molecule has 2 rings (SSSR count). The van der Waals surface area contributed by atoms with Crippen molar-refractivity contribution in [2.75, 3.05) is 0 Å². The van der Waals surface area contributed by atoms with Gasteiger partial charge in [0.05, 0.1) is 20.8 Å². The first-order valence-electron chi connectivity index (χ1n) is 6.90. The van der Waals surface area contributed by atoms with Crippen LogP contribution in [0, 0.1) is 32.2 Å². The van der Waals surface area contributed by atoms with Gasteiger partial charge in [0.2, 0.25) is 0 Å². The van der Waals surface area contributed by atoms with Crippen LogP contribution in [0.25, 0.3) is 16.1 Å². The Bertz CT molecular complexity index is 787. The number of hydrogen-bond acceptors (Lipinski definition) is 0. The highest BCUT2D eigenvalue weighted by Gasteiger charge is 2.22. The molecule has 5 heteroatoms. The second-order valence-electron chi connectivity index (χ2n) is 6.35. The number of nitrogens with zero attached hydrogens (tertiary/aromatic N) is 2. The molecular formula is C17H18F2N2Si. The van der Waals surface area contributed by atoms with Gasteiger partial charge in [-0.25, -0.2) is 13.6 Å². The maximum Gasteiger partial charge on any atom is 0.256 e. The van der Waals surface area contributed by atoms with Crippen LogP contribution in [0.5, 0.6) is 0 Å². The Morgan fingerprint density at radius 2 is 1.86 bits per heavy atom. The van der Waals surface area contributed by atoms with Gasteiger partial charge in [0.15, 0.2) is 0 Å². The van der Waals surface area contributed by atoms with Gasteiger partial charge in [-0.05, 0) is 24.6 Å². The van der Waals surface area contributed by atoms with Crippen molar-refractivity contribution in [1.82, 2.24) is 0 Å². The average molecular weight is 316 g/mol. The Labute approximate surface area is 130 Å². The lowest BCUT2D eigenvalue weighted by molar-refractivity contribution is -0.600. The minimum absolute atomic E-state index is 0.238. The molecule has 0 bridgehead atoms. The van der Waals surface area contributed by atoms with Crippen molar-refractivity contribution in [3.8, 4) is 11.3 Å². The molecule has 0 aliphatic rings. The summed E-state index contributed by atoms with van der Waals surface area (Å²) in [4.78, 5) is 2.98. The summed E-state index contributed by atoms with van der Waals surface area (Å²) >= 11 is 0. The number of rotatable bonds is 2. The molecule has 0 fully saturated rings. The molecule has 0 aliphatic carbocycles. The van der Waals surface area contributed by atoms with E-state index in [0.29, 0.717) is 11.3 Å². The number of aryl methyl sites for hydroxylation is 1. The number of halogens is 2. The molecule has 0 spiro atoms. The maximum atomic E-state index is 14.6. The largest absolute Gasteiger partial charge is 0.333 e. The molecule has 0 saturated heterocycles. The van der Waals surface area contributed by atoms with Gasteiger partial charge >= 0.3 is 0 Å². The van der Waals surface area contributed by atoms with E-state index in [1.165, 1.54) is 6.07 Å². The van der Waals surface area contributed by atoms with Crippen LogP contribution in [0.1, 0.15) is 5.56 Å². The third kappa shape index (κ3) is 2.74. The Balaban J connectivity index is 2.81. The van der Waals surface area contributed by atoms with Gasteiger partial charge in [-0.1, -0.05) is 30.9 Å². The Morgan fingerprint density at radius 3 is 2.41 bits per heavy atom. The minimum Gasteiger partial charge on any atom is -0.333 e. The highest BCUT2D eigenvalue weighted by Crippen LogP contribution is 2.33. The Kier molecular flexibility index (Phi) is 4.08. The zero-order chi connectivity index (χ0) is 16.7. The van der Waals surface area contributed by atoms with Gasteiger partial charge in [0.25, 0.3) is 5.69 Å². The normalized spacial score (nSPS) is 11.3. The van der Waals surface area contributed by atoms with Crippen molar-refractivity contribution in [2.24, 2.45) is 0 Å². The van der Waals surface area contributed by atoms with Crippen LogP contribution in [0.3, 0.4) is 0 Å². The molecule has 0 radical (unpaired) electrons. The lowest BCUT2D eigenvalue weighted by atomic mass is 10.0. The summed E-state index contributed by atoms with van der Waals surface area (Å²) in [5, 5.41) is 1.15. The van der Waals surface area contributed by atoms with Crippen LogP contribution >= 0.6 is 0 Å². The number of pyridine rings is 1. The van der Waals surface area contributed by atoms with E-state index >= 15 is 0 Å². The van der Waals surface area contributed by atoms with E-state index in [-0.39, 0.29) is 5.56 Å². The third-order valence-corrected chi connectivity index (χ3v) is 5.70. The van der Waals surface area contributed by atoms with Crippen molar-refractivity contribution >= 4 is 18.9 Å². The van der Waals surface area contributed by atoms with Crippen LogP contribution in [-0.4, -0.2) is 8.07 Å². The van der Waals surface area contributed by atoms with Crippen molar-refractivity contribution in [2.45, 2.75) is 26.6 Å². The zero-order valence-corrected chi connectivity index (χ0v) is 14.2. The summed E-state index contributed by atoms with van der Waals surface area (Å²) < 4.78 is 29.9. The lowest BCUT2D eigenvalue weighted by Gasteiger charge is -2.20. The molecular weight excluding hydrogens is 298 g/mol. The van der Waals surface area contributed by atoms with Crippen LogP contribution in [-0.2, 0) is 0 Å². The fourth-order valence-corrected chi connectivity index (χ4v) is 3.50. The number of benzene rings is 1. The van der Waals surface area contributed by atoms with Crippen LogP contribution < -0.4 is 9.75 Å². The van der Waals surface area contributed by atoms with E-state index < -0.39 is 25.4 Å². The molecule has 1 aromatic carbocycles. The fraction of sp³-hybridized carbons (Fsp3) is 0.235. The predicted molar refractivity (Wildman–Crippen MR) is 86.7 cm³/mol. The van der Waals surface area contributed by atoms with Gasteiger partial charge in [-0.2, -0.15) is 0 Å². The molecule has 22 heavy (non-hydrogen) atoms. The summed E-state index contributed by atoms with van der Waals surface area (Å²) in [5.41, 5.74) is 0.675. The molecule has 0 aliphatic heterocycles. The first-order valence-corrected chi connectivity index (χ1v) is 10.4. The topological polar surface area (TPSA) is 8.24 Å². The molecule has 0 N–H and O–H groups in total. The number of aromatic nitrogens is 1. The van der Waals surface area contributed by atoms with E-state index in [0.717, 1.165) is 5.19 Å². The van der Waals surface area contributed by atoms with E-state index in [4.69, 9.17) is 6.57 Å². The molecule has 0 unspecified atom stereocenters. The highest BCUT2D eigenvalue weighted by atomic mass is 28.3. The summed E-state index contributed by atoms with van der Waals surface area (Å²) in [6, 6.07) is 5.08. The molecule has 1 heterocycles. The lowest BCUT2D eigenvalue weighted by Crippen LogP contribution is -2.41. The molecule has 2 aromatic rings. The van der Waals surface area contributed by atoms with Crippen LogP contribution in [0.2, 0.25) is 19.6 Å². The maximum absolute atomic E-state index is 14.6. The van der Waals surface area contributed by atoms with Gasteiger partial charge < -0.3 is 4.57 Å². The van der Waals surface area contributed by atoms with Crippen LogP contribution in [0.15, 0.2) is 24.4 Å². The molecule has 0 saturated carbocycles. The first-order chi connectivity index (χ1) is 10.2. The van der Waals surface area contributed by atoms with Crippen molar-refractivity contribution < 1.29 is 13.3 Å². The molecule has 114 valence electrons. The van der Waals surface area contributed by atoms with E-state index in [2.05, 4.69) is 31.5 Å². The highest BCUT2D eigenvalue weighted by molar-refractivity contribution is 6.88. The quantitative estimate of drug-likeness (QED) is 0.450. The second-order valence-corrected chi connectivity index (χ2v) is 11.4. The first kappa shape index (κ1) is 16.2. The monoisotopic (exact) mass is 316 g/mol. The van der Waals surface area contributed by atoms with Crippen molar-refractivity contribution in [3.63, 3.8) is 0 Å². The fourth-order valence-electron chi connectivity index (χ4n) is 2.36. The van der Waals surface area contributed by atoms with Gasteiger partial charge in [0.1, 0.15) is 17.3 Å². The van der Waals surface area contributed by atoms with Crippen molar-refractivity contribution in [1.29, 1.82) is 0 Å². The second kappa shape index (κ2) is 5.54. The SMILES string of the molecule is [C-]#[N+]c1c(F)cc(C)c(-c2cc([Si](C)(C)C)cc[n+]2[CH2-])c1F. The van der Waals surface area contributed by atoms with E-state index in [9.17, 15) is 8.78 Å². The predicted octanol–water partition coefficient (Wildman–Crippen LogP) is 3.96. The average Bonchev–Trinajstić information content (AvgIpc) is 2.39. The van der Waals surface area contributed by atoms with Crippen molar-refractivity contribution in [3.05, 3.63) is 60.1 Å².